The molecule has 216 valence electrons. The van der Waals surface area contributed by atoms with Gasteiger partial charge in [-0.15, -0.1) is 0 Å². The molecule has 0 N–H and O–H groups in total. The van der Waals surface area contributed by atoms with Gasteiger partial charge < -0.3 is 9.30 Å². The molecule has 44 heavy (non-hydrogen) atoms. The monoisotopic (exact) mass is 588 g/mol. The topological polar surface area (TPSA) is 27.1 Å². The molecule has 3 nitrogen and oxygen atoms in total. The van der Waals surface area contributed by atoms with Crippen molar-refractivity contribution in [2.45, 2.75) is 30.7 Å². The Hall–Kier alpha value is -4.61. The number of ether oxygens (including phenoxy) is 1. The Morgan fingerprint density at radius 3 is 1.77 bits per heavy atom. The van der Waals surface area contributed by atoms with Crippen molar-refractivity contribution in [3.8, 4) is 5.75 Å². The minimum Gasteiger partial charge on any atom is -0.494 e. The summed E-state index contributed by atoms with van der Waals surface area (Å²) in [6, 6.07) is 50.2. The Balaban J connectivity index is 0.000000229. The maximum atomic E-state index is 6.12. The molecule has 0 saturated heterocycles. The maximum absolute atomic E-state index is 6.12. The van der Waals surface area contributed by atoms with Crippen molar-refractivity contribution in [3.63, 3.8) is 0 Å². The van der Waals surface area contributed by atoms with E-state index in [0.29, 0.717) is 9.52 Å². The molecule has 5 aromatic carbocycles. The highest BCUT2D eigenvalue weighted by molar-refractivity contribution is 6.57. The second kappa shape index (κ2) is 15.7. The lowest BCUT2D eigenvalue weighted by molar-refractivity contribution is 0.309. The SMILES string of the molecule is CCCCOc1cccc([Si]C(c2ccccc2)(c2ccccc2)n2ccnc2)c1.[B]C(c1ccccc1)c1ccccc1. The third-order valence-electron chi connectivity index (χ3n) is 7.52. The quantitative estimate of drug-likeness (QED) is 0.114. The summed E-state index contributed by atoms with van der Waals surface area (Å²) in [5.41, 5.74) is 4.78. The first-order valence-electron chi connectivity index (χ1n) is 15.2. The Morgan fingerprint density at radius 2 is 1.27 bits per heavy atom. The highest BCUT2D eigenvalue weighted by Crippen LogP contribution is 2.33. The summed E-state index contributed by atoms with van der Waals surface area (Å²) in [6.45, 7) is 2.94. The predicted octanol–water partition coefficient (Wildman–Crippen LogP) is 7.79. The predicted molar refractivity (Wildman–Crippen MR) is 184 cm³/mol. The number of rotatable bonds is 11. The highest BCUT2D eigenvalue weighted by Gasteiger charge is 2.37. The van der Waals surface area contributed by atoms with Gasteiger partial charge >= 0.3 is 0 Å². The van der Waals surface area contributed by atoms with Gasteiger partial charge in [-0.25, -0.2) is 4.98 Å². The number of nitrogens with zero attached hydrogens (tertiary/aromatic N) is 2. The first kappa shape index (κ1) is 30.8. The van der Waals surface area contributed by atoms with Crippen LogP contribution < -0.4 is 9.92 Å². The van der Waals surface area contributed by atoms with Crippen LogP contribution in [0.3, 0.4) is 0 Å². The van der Waals surface area contributed by atoms with E-state index >= 15 is 0 Å². The van der Waals surface area contributed by atoms with Gasteiger partial charge in [0.1, 0.15) is 15.3 Å². The summed E-state index contributed by atoms with van der Waals surface area (Å²) in [7, 11) is 6.58. The summed E-state index contributed by atoms with van der Waals surface area (Å²) in [4.78, 5) is 4.39. The van der Waals surface area contributed by atoms with Gasteiger partial charge in [-0.2, -0.15) is 0 Å². The molecule has 4 radical (unpaired) electrons. The third-order valence-corrected chi connectivity index (χ3v) is 9.32. The number of hydrogen-bond donors (Lipinski definition) is 0. The number of hydrogen-bond acceptors (Lipinski definition) is 2. The zero-order valence-corrected chi connectivity index (χ0v) is 26.2. The van der Waals surface area contributed by atoms with Gasteiger partial charge in [-0.1, -0.05) is 152 Å². The van der Waals surface area contributed by atoms with E-state index < -0.39 is 0 Å². The molecule has 0 aliphatic rings. The molecule has 0 bridgehead atoms. The van der Waals surface area contributed by atoms with Gasteiger partial charge in [-0.3, -0.25) is 0 Å². The molecular weight excluding hydrogens is 551 g/mol. The first-order chi connectivity index (χ1) is 21.7. The van der Waals surface area contributed by atoms with E-state index in [0.717, 1.165) is 36.3 Å². The lowest BCUT2D eigenvalue weighted by atomic mass is 9.76. The second-order valence-corrected chi connectivity index (χ2v) is 12.1. The Kier molecular flexibility index (Phi) is 11.0. The Bertz CT molecular complexity index is 1570. The number of benzene rings is 5. The van der Waals surface area contributed by atoms with Crippen LogP contribution in [-0.4, -0.2) is 33.5 Å². The molecule has 6 aromatic rings. The van der Waals surface area contributed by atoms with Crippen molar-refractivity contribution in [3.05, 3.63) is 187 Å². The standard InChI is InChI=1S/C26H26N2OSi.C13H11B/c1-2-3-19-29-24-15-10-16-25(20-24)30-26(28-18-17-27-21-28,22-11-6-4-7-12-22)23-13-8-5-9-14-23;14-13(11-7-3-1-4-8-11)12-9-5-2-6-10-12/h4-18,20-21H,2-3,19H2,1H3;1-10,13H. The van der Waals surface area contributed by atoms with E-state index in [4.69, 9.17) is 12.6 Å². The Labute approximate surface area is 265 Å². The van der Waals surface area contributed by atoms with Crippen LogP contribution in [0.1, 0.15) is 47.8 Å². The molecule has 0 unspecified atom stereocenters. The van der Waals surface area contributed by atoms with Crippen molar-refractivity contribution in [1.29, 1.82) is 0 Å². The van der Waals surface area contributed by atoms with E-state index in [1.807, 2.05) is 55.0 Å². The van der Waals surface area contributed by atoms with E-state index in [2.05, 4.69) is 126 Å². The second-order valence-electron chi connectivity index (χ2n) is 10.6. The summed E-state index contributed by atoms with van der Waals surface area (Å²) in [5, 5.41) is 0.881. The van der Waals surface area contributed by atoms with Gasteiger partial charge in [0.25, 0.3) is 0 Å². The lowest BCUT2D eigenvalue weighted by Gasteiger charge is -2.36. The van der Waals surface area contributed by atoms with Crippen LogP contribution in [-0.2, 0) is 5.16 Å². The molecular formula is C39H37BN2OSi. The average molecular weight is 589 g/mol. The van der Waals surface area contributed by atoms with E-state index in [1.165, 1.54) is 16.3 Å². The van der Waals surface area contributed by atoms with Gasteiger partial charge in [0, 0.05) is 12.4 Å². The number of unbranched alkanes of at least 4 members (excludes halogenated alkanes) is 1. The smallest absolute Gasteiger partial charge is 0.128 e. The van der Waals surface area contributed by atoms with E-state index in [-0.39, 0.29) is 11.0 Å². The fourth-order valence-electron chi connectivity index (χ4n) is 5.21. The zero-order chi connectivity index (χ0) is 30.5. The molecule has 0 spiro atoms. The fraction of sp³-hybridized carbons (Fsp3) is 0.154. The van der Waals surface area contributed by atoms with Crippen molar-refractivity contribution < 1.29 is 4.74 Å². The molecule has 1 aromatic heterocycles. The molecule has 1 heterocycles. The summed E-state index contributed by atoms with van der Waals surface area (Å²) in [6.07, 6.45) is 8.05. The van der Waals surface area contributed by atoms with E-state index in [1.54, 1.807) is 0 Å². The van der Waals surface area contributed by atoms with Crippen LogP contribution >= 0.6 is 0 Å². The van der Waals surface area contributed by atoms with Crippen LogP contribution in [0, 0.1) is 0 Å². The largest absolute Gasteiger partial charge is 0.494 e. The molecule has 5 heteroatoms. The summed E-state index contributed by atoms with van der Waals surface area (Å²) >= 11 is 0. The number of aromatic nitrogens is 2. The number of imidazole rings is 1. The third kappa shape index (κ3) is 7.66. The van der Waals surface area contributed by atoms with Crippen LogP contribution in [0.4, 0.5) is 0 Å². The van der Waals surface area contributed by atoms with Crippen molar-refractivity contribution in [2.24, 2.45) is 0 Å². The Morgan fingerprint density at radius 1 is 0.727 bits per heavy atom. The normalized spacial score (nSPS) is 11.0. The molecule has 0 atom stereocenters. The van der Waals surface area contributed by atoms with Crippen LogP contribution in [0.2, 0.25) is 0 Å². The van der Waals surface area contributed by atoms with Gasteiger partial charge in [0.2, 0.25) is 0 Å². The highest BCUT2D eigenvalue weighted by atomic mass is 28.2. The molecule has 0 aliphatic carbocycles. The lowest BCUT2D eigenvalue weighted by Crippen LogP contribution is -2.46. The minimum absolute atomic E-state index is 0.0163. The molecule has 0 aliphatic heterocycles. The van der Waals surface area contributed by atoms with E-state index in [9.17, 15) is 0 Å². The van der Waals surface area contributed by atoms with Gasteiger partial charge in [0.05, 0.1) is 25.9 Å². The average Bonchev–Trinajstić information content (AvgIpc) is 3.65. The molecule has 0 fully saturated rings. The molecule has 6 rings (SSSR count). The molecule has 0 saturated carbocycles. The van der Waals surface area contributed by atoms with Crippen LogP contribution in [0.5, 0.6) is 5.75 Å². The zero-order valence-electron chi connectivity index (χ0n) is 25.2. The van der Waals surface area contributed by atoms with Gasteiger partial charge in [0.15, 0.2) is 0 Å². The van der Waals surface area contributed by atoms with Gasteiger partial charge in [-0.05, 0) is 46.6 Å². The van der Waals surface area contributed by atoms with Crippen LogP contribution in [0.15, 0.2) is 164 Å². The fourth-order valence-corrected chi connectivity index (χ4v) is 6.91. The first-order valence-corrected chi connectivity index (χ1v) is 16.2. The summed E-state index contributed by atoms with van der Waals surface area (Å²) in [5.74, 6) is 0.923. The van der Waals surface area contributed by atoms with Crippen molar-refractivity contribution in [1.82, 2.24) is 9.55 Å². The van der Waals surface area contributed by atoms with Crippen molar-refractivity contribution in [2.75, 3.05) is 6.61 Å². The molecule has 0 amide bonds. The van der Waals surface area contributed by atoms with Crippen molar-refractivity contribution >= 4 is 22.6 Å². The van der Waals surface area contributed by atoms with Crippen LogP contribution in [0.25, 0.3) is 0 Å². The maximum Gasteiger partial charge on any atom is 0.128 e. The summed E-state index contributed by atoms with van der Waals surface area (Å²) < 4.78 is 8.23. The minimum atomic E-state index is -0.374.